The van der Waals surface area contributed by atoms with E-state index in [9.17, 15) is 4.39 Å². The molecule has 2 aromatic rings. The zero-order chi connectivity index (χ0) is 12.1. The van der Waals surface area contributed by atoms with Crippen LogP contribution in [0.15, 0.2) is 61.2 Å². The molecule has 0 unspecified atom stereocenters. The van der Waals surface area contributed by atoms with Gasteiger partial charge in [0, 0.05) is 12.2 Å². The van der Waals surface area contributed by atoms with E-state index in [1.54, 1.807) is 6.07 Å². The van der Waals surface area contributed by atoms with Crippen molar-refractivity contribution in [3.8, 4) is 0 Å². The highest BCUT2D eigenvalue weighted by Crippen LogP contribution is 2.14. The van der Waals surface area contributed by atoms with Gasteiger partial charge in [0.2, 0.25) is 0 Å². The van der Waals surface area contributed by atoms with Crippen LogP contribution < -0.4 is 5.32 Å². The molecule has 0 heterocycles. The van der Waals surface area contributed by atoms with Crippen LogP contribution >= 0.6 is 0 Å². The molecule has 17 heavy (non-hydrogen) atoms. The molecule has 0 atom stereocenters. The molecule has 1 nitrogen and oxygen atoms in total. The smallest absolute Gasteiger partial charge is 0.125 e. The van der Waals surface area contributed by atoms with E-state index in [-0.39, 0.29) is 5.82 Å². The van der Waals surface area contributed by atoms with E-state index in [1.165, 1.54) is 12.1 Å². The first-order valence-corrected chi connectivity index (χ1v) is 5.48. The molecule has 0 spiro atoms. The van der Waals surface area contributed by atoms with Crippen molar-refractivity contribution in [3.63, 3.8) is 0 Å². The Morgan fingerprint density at radius 2 is 1.82 bits per heavy atom. The first kappa shape index (κ1) is 11.4. The molecule has 0 aliphatic carbocycles. The molecule has 2 rings (SSSR count). The summed E-state index contributed by atoms with van der Waals surface area (Å²) in [6.45, 7) is 4.61. The van der Waals surface area contributed by atoms with Crippen molar-refractivity contribution in [1.82, 2.24) is 0 Å². The van der Waals surface area contributed by atoms with Gasteiger partial charge in [-0.3, -0.25) is 0 Å². The normalized spacial score (nSPS) is 9.94. The third-order valence-electron chi connectivity index (χ3n) is 2.51. The van der Waals surface area contributed by atoms with Crippen molar-refractivity contribution >= 4 is 11.3 Å². The number of rotatable bonds is 4. The molecule has 2 aromatic carbocycles. The van der Waals surface area contributed by atoms with E-state index in [0.29, 0.717) is 6.54 Å². The minimum Gasteiger partial charge on any atom is -0.381 e. The third kappa shape index (κ3) is 3.18. The molecule has 0 aliphatic heterocycles. The summed E-state index contributed by atoms with van der Waals surface area (Å²) in [4.78, 5) is 0. The molecule has 0 radical (unpaired) electrons. The number of anilines is 1. The Bertz CT molecular complexity index is 505. The average molecular weight is 227 g/mol. The standard InChI is InChI=1S/C15H14FN/c1-12(13-6-3-2-4-7-13)11-17-15-9-5-8-14(16)10-15/h2-10,17H,1,11H2. The van der Waals surface area contributed by atoms with E-state index in [4.69, 9.17) is 0 Å². The molecule has 0 fully saturated rings. The minimum atomic E-state index is -0.236. The number of halogens is 1. The lowest BCUT2D eigenvalue weighted by Gasteiger charge is -2.09. The summed E-state index contributed by atoms with van der Waals surface area (Å²) in [5, 5.41) is 3.14. The lowest BCUT2D eigenvalue weighted by atomic mass is 10.1. The van der Waals surface area contributed by atoms with E-state index in [1.807, 2.05) is 36.4 Å². The largest absolute Gasteiger partial charge is 0.381 e. The highest BCUT2D eigenvalue weighted by Gasteiger charge is 1.98. The maximum Gasteiger partial charge on any atom is 0.125 e. The molecule has 2 heteroatoms. The topological polar surface area (TPSA) is 12.0 Å². The summed E-state index contributed by atoms with van der Waals surface area (Å²) < 4.78 is 13.0. The third-order valence-corrected chi connectivity index (χ3v) is 2.51. The second kappa shape index (κ2) is 5.30. The van der Waals surface area contributed by atoms with Crippen molar-refractivity contribution in [3.05, 3.63) is 72.6 Å². The predicted molar refractivity (Wildman–Crippen MR) is 70.4 cm³/mol. The molecule has 0 aliphatic rings. The first-order chi connectivity index (χ1) is 8.25. The van der Waals surface area contributed by atoms with Crippen molar-refractivity contribution in [1.29, 1.82) is 0 Å². The Morgan fingerprint density at radius 3 is 2.53 bits per heavy atom. The van der Waals surface area contributed by atoms with Gasteiger partial charge in [-0.25, -0.2) is 4.39 Å². The minimum absolute atomic E-state index is 0.236. The van der Waals surface area contributed by atoms with Crippen LogP contribution in [0, 0.1) is 5.82 Å². The fourth-order valence-electron chi connectivity index (χ4n) is 1.58. The van der Waals surface area contributed by atoms with Gasteiger partial charge in [0.1, 0.15) is 5.82 Å². The quantitative estimate of drug-likeness (QED) is 0.833. The van der Waals surface area contributed by atoms with Gasteiger partial charge in [0.05, 0.1) is 0 Å². The van der Waals surface area contributed by atoms with Crippen molar-refractivity contribution < 1.29 is 4.39 Å². The predicted octanol–water partition coefficient (Wildman–Crippen LogP) is 3.95. The Hall–Kier alpha value is -2.09. The Labute approximate surface area is 101 Å². The van der Waals surface area contributed by atoms with E-state index in [0.717, 1.165) is 16.8 Å². The summed E-state index contributed by atoms with van der Waals surface area (Å²) in [6.07, 6.45) is 0. The summed E-state index contributed by atoms with van der Waals surface area (Å²) in [6, 6.07) is 16.4. The van der Waals surface area contributed by atoms with Crippen LogP contribution in [0.25, 0.3) is 5.57 Å². The molecule has 0 saturated carbocycles. The van der Waals surface area contributed by atoms with Crippen LogP contribution in [0.3, 0.4) is 0 Å². The molecule has 0 bridgehead atoms. The summed E-state index contributed by atoms with van der Waals surface area (Å²) in [5.41, 5.74) is 2.84. The van der Waals surface area contributed by atoms with E-state index >= 15 is 0 Å². The van der Waals surface area contributed by atoms with Crippen LogP contribution in [0.5, 0.6) is 0 Å². The van der Waals surface area contributed by atoms with Gasteiger partial charge in [-0.1, -0.05) is 43.0 Å². The lowest BCUT2D eigenvalue weighted by molar-refractivity contribution is 0.628. The second-order valence-corrected chi connectivity index (χ2v) is 3.83. The molecule has 0 saturated heterocycles. The number of hydrogen-bond acceptors (Lipinski definition) is 1. The van der Waals surface area contributed by atoms with Crippen LogP contribution in [0.4, 0.5) is 10.1 Å². The number of nitrogens with one attached hydrogen (secondary N) is 1. The monoisotopic (exact) mass is 227 g/mol. The van der Waals surface area contributed by atoms with Crippen molar-refractivity contribution in [2.24, 2.45) is 0 Å². The van der Waals surface area contributed by atoms with Gasteiger partial charge in [-0.05, 0) is 29.3 Å². The SMILES string of the molecule is C=C(CNc1cccc(F)c1)c1ccccc1. The highest BCUT2D eigenvalue weighted by molar-refractivity contribution is 5.67. The van der Waals surface area contributed by atoms with Crippen molar-refractivity contribution in [2.75, 3.05) is 11.9 Å². The van der Waals surface area contributed by atoms with Gasteiger partial charge in [-0.2, -0.15) is 0 Å². The molecule has 1 N–H and O–H groups in total. The molecular weight excluding hydrogens is 213 g/mol. The zero-order valence-electron chi connectivity index (χ0n) is 9.49. The Balaban J connectivity index is 1.97. The molecular formula is C15H14FN. The maximum absolute atomic E-state index is 13.0. The average Bonchev–Trinajstić information content (AvgIpc) is 2.37. The van der Waals surface area contributed by atoms with Crippen LogP contribution in [0.1, 0.15) is 5.56 Å². The zero-order valence-corrected chi connectivity index (χ0v) is 9.49. The van der Waals surface area contributed by atoms with Gasteiger partial charge in [0.15, 0.2) is 0 Å². The maximum atomic E-state index is 13.0. The summed E-state index contributed by atoms with van der Waals surface area (Å²) >= 11 is 0. The van der Waals surface area contributed by atoms with Gasteiger partial charge < -0.3 is 5.32 Å². The summed E-state index contributed by atoms with van der Waals surface area (Å²) in [7, 11) is 0. The Morgan fingerprint density at radius 1 is 1.06 bits per heavy atom. The van der Waals surface area contributed by atoms with Crippen molar-refractivity contribution in [2.45, 2.75) is 0 Å². The van der Waals surface area contributed by atoms with E-state index in [2.05, 4.69) is 11.9 Å². The fourth-order valence-corrected chi connectivity index (χ4v) is 1.58. The van der Waals surface area contributed by atoms with Crippen LogP contribution in [-0.4, -0.2) is 6.54 Å². The Kier molecular flexibility index (Phi) is 3.55. The molecule has 0 amide bonds. The van der Waals surface area contributed by atoms with E-state index < -0.39 is 0 Å². The van der Waals surface area contributed by atoms with Crippen LogP contribution in [-0.2, 0) is 0 Å². The fraction of sp³-hybridized carbons (Fsp3) is 0.0667. The summed E-state index contributed by atoms with van der Waals surface area (Å²) in [5.74, 6) is -0.236. The lowest BCUT2D eigenvalue weighted by Crippen LogP contribution is -2.03. The number of benzene rings is 2. The second-order valence-electron chi connectivity index (χ2n) is 3.83. The van der Waals surface area contributed by atoms with Gasteiger partial charge >= 0.3 is 0 Å². The van der Waals surface area contributed by atoms with Crippen LogP contribution in [0.2, 0.25) is 0 Å². The van der Waals surface area contributed by atoms with Gasteiger partial charge in [0.25, 0.3) is 0 Å². The molecule has 86 valence electrons. The first-order valence-electron chi connectivity index (χ1n) is 5.48. The number of hydrogen-bond donors (Lipinski definition) is 1. The highest BCUT2D eigenvalue weighted by atomic mass is 19.1. The van der Waals surface area contributed by atoms with Gasteiger partial charge in [-0.15, -0.1) is 0 Å². The molecule has 0 aromatic heterocycles.